The molecule has 4 heterocycles. The molecular formula is C25H14ClN7O2Se. The van der Waals surface area contributed by atoms with Crippen LogP contribution in [-0.4, -0.2) is 52.4 Å². The third kappa shape index (κ3) is 4.61. The van der Waals surface area contributed by atoms with Crippen molar-refractivity contribution in [2.45, 2.75) is 6.92 Å². The van der Waals surface area contributed by atoms with Gasteiger partial charge in [0.25, 0.3) is 0 Å². The fraction of sp³-hybridized carbons (Fsp3) is 0.0800. The molecule has 0 radical (unpaired) electrons. The van der Waals surface area contributed by atoms with Crippen molar-refractivity contribution in [3.05, 3.63) is 82.1 Å². The molecule has 0 spiro atoms. The molecule has 9 nitrogen and oxygen atoms in total. The number of rotatable bonds is 5. The number of ether oxygens (including phenoxy) is 1. The minimum absolute atomic E-state index is 0.275. The summed E-state index contributed by atoms with van der Waals surface area (Å²) in [6.07, 6.45) is 7.98. The maximum atomic E-state index is 13.3. The quantitative estimate of drug-likeness (QED) is 0.222. The summed E-state index contributed by atoms with van der Waals surface area (Å²) < 4.78 is 6.66. The number of halogens is 1. The summed E-state index contributed by atoms with van der Waals surface area (Å²) in [5.41, 5.74) is 9.56. The summed E-state index contributed by atoms with van der Waals surface area (Å²) in [6.45, 7) is 1.83. The first kappa shape index (κ1) is 23.4. The number of allylic oxidation sites excluding steroid dienone is 4. The Balaban J connectivity index is 1.48. The fourth-order valence-corrected chi connectivity index (χ4v) is 5.27. The van der Waals surface area contributed by atoms with Gasteiger partial charge in [0.15, 0.2) is 0 Å². The molecule has 0 saturated heterocycles. The van der Waals surface area contributed by atoms with Gasteiger partial charge in [-0.05, 0) is 0 Å². The van der Waals surface area contributed by atoms with Crippen molar-refractivity contribution in [3.8, 4) is 22.9 Å². The molecule has 0 aliphatic heterocycles. The van der Waals surface area contributed by atoms with Gasteiger partial charge in [-0.3, -0.25) is 0 Å². The second-order valence-electron chi connectivity index (χ2n) is 7.46. The predicted octanol–water partition coefficient (Wildman–Crippen LogP) is 3.92. The number of nitrogens with zero attached hydrogens (tertiary/aromatic N) is 6. The van der Waals surface area contributed by atoms with Crippen LogP contribution in [0.2, 0.25) is 5.15 Å². The minimum atomic E-state index is -0.371. The van der Waals surface area contributed by atoms with Gasteiger partial charge in [0.05, 0.1) is 0 Å². The van der Waals surface area contributed by atoms with Gasteiger partial charge in [-0.15, -0.1) is 0 Å². The number of carbonyl (C=O) groups excluding carboxylic acids is 1. The first-order valence-corrected chi connectivity index (χ1v) is 12.5. The van der Waals surface area contributed by atoms with Crippen molar-refractivity contribution in [3.63, 3.8) is 0 Å². The molecule has 1 amide bonds. The van der Waals surface area contributed by atoms with Crippen molar-refractivity contribution >= 4 is 52.2 Å². The van der Waals surface area contributed by atoms with E-state index in [1.807, 2.05) is 13.0 Å². The summed E-state index contributed by atoms with van der Waals surface area (Å²) in [6, 6.07) is 5.45. The first-order chi connectivity index (χ1) is 17.4. The van der Waals surface area contributed by atoms with E-state index >= 15 is 0 Å². The third-order valence-corrected chi connectivity index (χ3v) is 7.16. The molecule has 0 saturated carbocycles. The van der Waals surface area contributed by atoms with Crippen molar-refractivity contribution in [1.82, 2.24) is 24.9 Å². The molecule has 0 unspecified atom stereocenters. The molecule has 36 heavy (non-hydrogen) atoms. The van der Waals surface area contributed by atoms with Gasteiger partial charge in [-0.1, -0.05) is 0 Å². The number of nitrogens with one attached hydrogen (secondary N) is 1. The number of aromatic nitrogens is 5. The predicted molar refractivity (Wildman–Crippen MR) is 135 cm³/mol. The van der Waals surface area contributed by atoms with Crippen molar-refractivity contribution in [1.29, 1.82) is 5.26 Å². The molecule has 4 aromatic rings. The Morgan fingerprint density at radius 2 is 1.97 bits per heavy atom. The fourth-order valence-electron chi connectivity index (χ4n) is 3.42. The number of methoxy groups -OCH3 is 1. The number of carbonyl (C=O) groups is 1. The Hall–Kier alpha value is -4.34. The summed E-state index contributed by atoms with van der Waals surface area (Å²) in [7, 11) is 1.53. The zero-order chi connectivity index (χ0) is 25.2. The van der Waals surface area contributed by atoms with Gasteiger partial charge in [-0.2, -0.15) is 0 Å². The Morgan fingerprint density at radius 3 is 2.72 bits per heavy atom. The van der Waals surface area contributed by atoms with Gasteiger partial charge in [0, 0.05) is 0 Å². The van der Waals surface area contributed by atoms with Crippen LogP contribution in [-0.2, 0) is 0 Å². The molecule has 0 atom stereocenters. The van der Waals surface area contributed by atoms with Crippen LogP contribution in [0.25, 0.3) is 26.6 Å². The van der Waals surface area contributed by atoms with E-state index in [1.54, 1.807) is 30.5 Å². The van der Waals surface area contributed by atoms with E-state index in [1.165, 1.54) is 19.5 Å². The average Bonchev–Trinajstić information content (AvgIpc) is 3.30. The normalized spacial score (nSPS) is 12.2. The van der Waals surface area contributed by atoms with Crippen molar-refractivity contribution in [2.75, 3.05) is 12.4 Å². The number of nitriles is 1. The van der Waals surface area contributed by atoms with E-state index < -0.39 is 0 Å². The zero-order valence-electron chi connectivity index (χ0n) is 18.8. The number of anilines is 1. The number of aryl methyl sites for hydroxylation is 1. The van der Waals surface area contributed by atoms with Crippen molar-refractivity contribution in [2.24, 2.45) is 0 Å². The molecule has 0 fully saturated rings. The van der Waals surface area contributed by atoms with Crippen LogP contribution in [0.5, 0.6) is 5.75 Å². The molecule has 174 valence electrons. The van der Waals surface area contributed by atoms with Gasteiger partial charge >= 0.3 is 216 Å². The number of pyridine rings is 2. The summed E-state index contributed by atoms with van der Waals surface area (Å²) in [4.78, 5) is 35.1. The van der Waals surface area contributed by atoms with E-state index in [-0.39, 0.29) is 25.6 Å². The van der Waals surface area contributed by atoms with Gasteiger partial charge in [-0.25, -0.2) is 0 Å². The second-order valence-corrected chi connectivity index (χ2v) is 9.90. The van der Waals surface area contributed by atoms with E-state index in [4.69, 9.17) is 21.6 Å². The Labute approximate surface area is 215 Å². The van der Waals surface area contributed by atoms with Crippen LogP contribution in [0, 0.1) is 18.3 Å². The molecule has 0 bridgehead atoms. The Morgan fingerprint density at radius 1 is 1.11 bits per heavy atom. The first-order valence-electron chi connectivity index (χ1n) is 10.4. The summed E-state index contributed by atoms with van der Waals surface area (Å²) >= 11 is 5.77. The van der Waals surface area contributed by atoms with E-state index in [0.29, 0.717) is 49.6 Å². The molecule has 1 N–H and O–H groups in total. The number of fused-ring (bicyclic) bond motifs is 1. The van der Waals surface area contributed by atoms with Crippen LogP contribution in [0.1, 0.15) is 21.9 Å². The number of hydrogen-bond acceptors (Lipinski definition) is 8. The van der Waals surface area contributed by atoms with Gasteiger partial charge in [0.2, 0.25) is 0 Å². The van der Waals surface area contributed by atoms with Crippen LogP contribution in [0.3, 0.4) is 0 Å². The zero-order valence-corrected chi connectivity index (χ0v) is 21.3. The topological polar surface area (TPSA) is 127 Å². The van der Waals surface area contributed by atoms with Crippen LogP contribution < -0.4 is 10.1 Å². The van der Waals surface area contributed by atoms with Gasteiger partial charge < -0.3 is 0 Å². The standard InChI is InChI=1S/C25H14ClN7O2Se/c1-13-7-16(17-8-21(26)29-12-20(17)35-2)18(10-28-13)23(34)33-25-31-19-11-30-22(32-24(19)36-25)15-5-3-14(9-27)4-6-15/h3,5,7-8,10-12H,1-2H3,(H,31,33,34). The van der Waals surface area contributed by atoms with E-state index in [2.05, 4.69) is 41.7 Å². The number of amides is 1. The summed E-state index contributed by atoms with van der Waals surface area (Å²) in [5.74, 6) is 0.559. The van der Waals surface area contributed by atoms with Crippen LogP contribution in [0.4, 0.5) is 4.69 Å². The Kier molecular flexibility index (Phi) is 6.32. The molecule has 1 aliphatic carbocycles. The van der Waals surface area contributed by atoms with Crippen LogP contribution >= 0.6 is 11.6 Å². The molecule has 0 aromatic carbocycles. The molecule has 4 aromatic heterocycles. The maximum absolute atomic E-state index is 13.3. The monoisotopic (exact) mass is 559 g/mol. The third-order valence-electron chi connectivity index (χ3n) is 5.11. The molecule has 11 heteroatoms. The van der Waals surface area contributed by atoms with Crippen LogP contribution in [0.15, 0.2) is 59.9 Å². The SMILES string of the molecule is COc1cnc(Cl)cc1-c1cc(C)ncc1C(=O)Nc1nc2cnc(C3=C=C=C(C#N)C=C3)nc2[se]1. The van der Waals surface area contributed by atoms with E-state index in [0.717, 1.165) is 10.1 Å². The molecular weight excluding hydrogens is 545 g/mol. The van der Waals surface area contributed by atoms with E-state index in [9.17, 15) is 4.79 Å². The van der Waals surface area contributed by atoms with Gasteiger partial charge in [0.1, 0.15) is 0 Å². The molecule has 5 rings (SSSR count). The molecule has 1 aliphatic rings. The average molecular weight is 559 g/mol. The second kappa shape index (κ2) is 9.73. The Bertz CT molecular complexity index is 1740. The van der Waals surface area contributed by atoms with Crippen molar-refractivity contribution < 1.29 is 9.53 Å². The number of hydrogen-bond donors (Lipinski definition) is 1. The summed E-state index contributed by atoms with van der Waals surface area (Å²) in [5, 5.41) is 12.1.